The highest BCUT2D eigenvalue weighted by Gasteiger charge is 2.25. The van der Waals surface area contributed by atoms with Crippen LogP contribution in [0, 0.1) is 6.57 Å². The van der Waals surface area contributed by atoms with Crippen LogP contribution in [0.1, 0.15) is 0 Å². The third-order valence-electron chi connectivity index (χ3n) is 23.7. The molecule has 0 aliphatic carbocycles. The number of fused-ring (bicyclic) bond motifs is 21. The summed E-state index contributed by atoms with van der Waals surface area (Å²) < 4.78 is 18.6. The summed E-state index contributed by atoms with van der Waals surface area (Å²) in [7, 11) is 0. The van der Waals surface area contributed by atoms with E-state index in [4.69, 9.17) is 50.9 Å². The third-order valence-corrected chi connectivity index (χ3v) is 26.0. The maximum atomic E-state index is 7.32. The van der Waals surface area contributed by atoms with Crippen LogP contribution in [0.2, 0.25) is 0 Å². The summed E-state index contributed by atoms with van der Waals surface area (Å²) in [6, 6.07) is 138. The molecule has 0 atom stereocenters. The molecule has 9 aromatic heterocycles. The average molecular weight is 1650 g/mol. The third kappa shape index (κ3) is 12.6. The molecule has 17 aromatic carbocycles. The van der Waals surface area contributed by atoms with Gasteiger partial charge in [-0.3, -0.25) is 4.57 Å². The Kier molecular flexibility index (Phi) is 17.7. The van der Waals surface area contributed by atoms with E-state index in [0.717, 1.165) is 116 Å². The zero-order chi connectivity index (χ0) is 83.3. The van der Waals surface area contributed by atoms with Crippen molar-refractivity contribution < 1.29 is 4.42 Å². The van der Waals surface area contributed by atoms with E-state index in [2.05, 4.69) is 243 Å². The highest BCUT2D eigenvalue weighted by Crippen LogP contribution is 2.47. The molecule has 0 N–H and O–H groups in total. The van der Waals surface area contributed by atoms with Gasteiger partial charge in [0.25, 0.3) is 0 Å². The normalized spacial score (nSPS) is 11.6. The molecule has 0 fully saturated rings. The zero-order valence-electron chi connectivity index (χ0n) is 67.2. The Morgan fingerprint density at radius 2 is 0.659 bits per heavy atom. The summed E-state index contributed by atoms with van der Waals surface area (Å²) in [4.78, 5) is 43.5. The minimum absolute atomic E-state index is 0.613. The van der Waals surface area contributed by atoms with E-state index in [1.54, 1.807) is 0 Å². The molecule has 9 heterocycles. The van der Waals surface area contributed by atoms with E-state index in [9.17, 15) is 0 Å². The second kappa shape index (κ2) is 30.4. The first-order valence-electron chi connectivity index (χ1n) is 41.6. The molecule has 0 spiro atoms. The molecule has 588 valence electrons. The van der Waals surface area contributed by atoms with Crippen LogP contribution >= 0.6 is 22.7 Å². The van der Waals surface area contributed by atoms with Crippen LogP contribution in [0.25, 0.3) is 240 Å². The van der Waals surface area contributed by atoms with Crippen molar-refractivity contribution in [3.05, 3.63) is 412 Å². The summed E-state index contributed by atoms with van der Waals surface area (Å²) in [5.74, 6) is 4.49. The number of furan rings is 1. The maximum Gasteiger partial charge on any atom is 0.235 e. The van der Waals surface area contributed by atoms with Crippen LogP contribution in [0.3, 0.4) is 0 Å². The Balaban J connectivity index is 0.000000106. The second-order valence-electron chi connectivity index (χ2n) is 31.1. The lowest BCUT2D eigenvalue weighted by Crippen LogP contribution is -2.03. The molecule has 26 rings (SSSR count). The van der Waals surface area contributed by atoms with Crippen molar-refractivity contribution in [2.45, 2.75) is 0 Å². The van der Waals surface area contributed by atoms with Gasteiger partial charge in [0.15, 0.2) is 46.2 Å². The van der Waals surface area contributed by atoms with Gasteiger partial charge in [-0.25, -0.2) is 44.7 Å². The molecular weight excluding hydrogens is 1580 g/mol. The summed E-state index contributed by atoms with van der Waals surface area (Å²) in [5.41, 5.74) is 19.5. The van der Waals surface area contributed by atoms with E-state index in [1.165, 1.54) is 78.3 Å². The maximum absolute atomic E-state index is 7.32. The Labute approximate surface area is 728 Å². The van der Waals surface area contributed by atoms with Crippen molar-refractivity contribution in [3.63, 3.8) is 0 Å². The first-order valence-corrected chi connectivity index (χ1v) is 43.3. The van der Waals surface area contributed by atoms with Crippen molar-refractivity contribution in [2.75, 3.05) is 0 Å². The van der Waals surface area contributed by atoms with Gasteiger partial charge in [0.05, 0.1) is 55.6 Å². The van der Waals surface area contributed by atoms with Crippen LogP contribution in [0.5, 0.6) is 0 Å². The van der Waals surface area contributed by atoms with Crippen molar-refractivity contribution in [2.24, 2.45) is 0 Å². The van der Waals surface area contributed by atoms with Gasteiger partial charge < -0.3 is 13.6 Å². The second-order valence-corrected chi connectivity index (χ2v) is 33.3. The molecule has 13 nitrogen and oxygen atoms in total. The predicted molar refractivity (Wildman–Crippen MR) is 520 cm³/mol. The Morgan fingerprint density at radius 3 is 1.21 bits per heavy atom. The van der Waals surface area contributed by atoms with E-state index in [-0.39, 0.29) is 0 Å². The molecule has 0 bridgehead atoms. The van der Waals surface area contributed by atoms with Gasteiger partial charge in [-0.15, -0.1) is 22.7 Å². The number of nitrogens with zero attached hydrogens (tertiary/aromatic N) is 12. The molecule has 126 heavy (non-hydrogen) atoms. The van der Waals surface area contributed by atoms with Crippen molar-refractivity contribution >= 4 is 167 Å². The fourth-order valence-electron chi connectivity index (χ4n) is 17.9. The van der Waals surface area contributed by atoms with Crippen molar-refractivity contribution in [3.8, 4) is 96.9 Å². The minimum atomic E-state index is 0.613. The first-order chi connectivity index (χ1) is 62.4. The SMILES string of the molecule is [C-]#[N+]c1ccc(-c2nc(-n3c4ccccc4c4cc5sc6ccccc6c5cc43)nc3ccccc23)cc1.c1ccc(-c2nc(-c3ccccc3)nc(-c3cccc(-n4c5ccccc5c5ccc6c7ccccc7oc6c54)c3)n2)cc1.c1ccc(-c2nc(-c3ccccc3)nc(-c3cccc(-n4c5ccccc5c5ccc6c7ccccc7sc6c54)c3)n2)cc1. The van der Waals surface area contributed by atoms with E-state index >= 15 is 0 Å². The number of hydrogen-bond donors (Lipinski definition) is 0. The number of para-hydroxylation sites is 5. The molecule has 0 aliphatic heterocycles. The van der Waals surface area contributed by atoms with Gasteiger partial charge in [-0.2, -0.15) is 0 Å². The lowest BCUT2D eigenvalue weighted by Gasteiger charge is -2.12. The monoisotopic (exact) mass is 1650 g/mol. The van der Waals surface area contributed by atoms with Gasteiger partial charge in [0.1, 0.15) is 5.58 Å². The molecule has 0 radical (unpaired) electrons. The molecule has 26 aromatic rings. The van der Waals surface area contributed by atoms with E-state index < -0.39 is 0 Å². The average Bonchev–Trinajstić information content (AvgIpc) is 1.57. The molecule has 0 saturated carbocycles. The first kappa shape index (κ1) is 73.2. The summed E-state index contributed by atoms with van der Waals surface area (Å²) in [6.45, 7) is 7.32. The summed E-state index contributed by atoms with van der Waals surface area (Å²) >= 11 is 3.69. The fourth-order valence-corrected chi connectivity index (χ4v) is 20.3. The van der Waals surface area contributed by atoms with Crippen molar-refractivity contribution in [1.29, 1.82) is 0 Å². The molecule has 0 unspecified atom stereocenters. The highest BCUT2D eigenvalue weighted by atomic mass is 32.1. The summed E-state index contributed by atoms with van der Waals surface area (Å²) in [5, 5.41) is 15.5. The van der Waals surface area contributed by atoms with Crippen LogP contribution < -0.4 is 0 Å². The molecule has 0 amide bonds. The Bertz CT molecular complexity index is 8410. The minimum Gasteiger partial charge on any atom is -0.454 e. The highest BCUT2D eigenvalue weighted by molar-refractivity contribution is 7.27. The van der Waals surface area contributed by atoms with Gasteiger partial charge in [0, 0.05) is 129 Å². The molecule has 0 aliphatic rings. The summed E-state index contributed by atoms with van der Waals surface area (Å²) in [6.07, 6.45) is 0. The van der Waals surface area contributed by atoms with E-state index in [0.29, 0.717) is 46.6 Å². The van der Waals surface area contributed by atoms with Gasteiger partial charge in [0.2, 0.25) is 5.95 Å². The van der Waals surface area contributed by atoms with E-state index in [1.807, 2.05) is 199 Å². The lowest BCUT2D eigenvalue weighted by atomic mass is 10.1. The van der Waals surface area contributed by atoms with Gasteiger partial charge in [-0.05, 0) is 90.5 Å². The van der Waals surface area contributed by atoms with Crippen LogP contribution in [0.4, 0.5) is 5.69 Å². The Hall–Kier alpha value is -16.8. The number of benzene rings is 17. The quantitative estimate of drug-likeness (QED) is 0.123. The number of rotatable bonds is 10. The number of aromatic nitrogens is 11. The smallest absolute Gasteiger partial charge is 0.235 e. The van der Waals surface area contributed by atoms with Crippen LogP contribution in [-0.4, -0.2) is 53.6 Å². The van der Waals surface area contributed by atoms with Crippen molar-refractivity contribution in [1.82, 2.24) is 53.6 Å². The number of hydrogen-bond acceptors (Lipinski definition) is 11. The Morgan fingerprint density at radius 1 is 0.246 bits per heavy atom. The van der Waals surface area contributed by atoms with Gasteiger partial charge in [-0.1, -0.05) is 315 Å². The largest absolute Gasteiger partial charge is 0.454 e. The lowest BCUT2D eigenvalue weighted by molar-refractivity contribution is 0.671. The fraction of sp³-hybridized carbons (Fsp3) is 0. The number of thiophene rings is 2. The van der Waals surface area contributed by atoms with Crippen LogP contribution in [0.15, 0.2) is 405 Å². The molecule has 15 heteroatoms. The standard InChI is InChI=1S/C39H24N4O.C39H24N4S.C33H18N4S/c2*1-3-12-25(13-4-1)37-40-38(26-14-5-2-6-15-26)42-39(41-37)27-16-11-17-28(24-27)43-33-20-9-7-18-29(33)31-22-23-32-30-19-8-10-21-34(30)44-36(32)35(31)43;1-34-21-16-14-20(15-17-21)32-24-10-2-5-11-27(24)35-33(36-32)37-28-12-6-3-8-22(28)25-19-31-26(18-29(25)37)23-9-4-7-13-30(23)38-31/h2*1-24H;2-19H. The molecule has 0 saturated heterocycles. The predicted octanol–water partition coefficient (Wildman–Crippen LogP) is 29.5. The topological polar surface area (TPSA) is 135 Å². The molecular formula is C111H66N12OS2. The zero-order valence-corrected chi connectivity index (χ0v) is 68.8. The van der Waals surface area contributed by atoms with Crippen LogP contribution in [-0.2, 0) is 0 Å². The van der Waals surface area contributed by atoms with Gasteiger partial charge >= 0.3 is 0 Å².